The Morgan fingerprint density at radius 3 is 2.50 bits per heavy atom. The topological polar surface area (TPSA) is 78.2 Å². The van der Waals surface area contributed by atoms with Crippen molar-refractivity contribution in [2.24, 2.45) is 0 Å². The van der Waals surface area contributed by atoms with Crippen LogP contribution in [0.2, 0.25) is 0 Å². The fraction of sp³-hybridized carbons (Fsp3) is 0.208. The highest BCUT2D eigenvalue weighted by Crippen LogP contribution is 2.23. The number of aryl methyl sites for hydroxylation is 2. The maximum atomic E-state index is 14.2. The molecule has 0 spiro atoms. The lowest BCUT2D eigenvalue weighted by molar-refractivity contribution is -0.117. The van der Waals surface area contributed by atoms with Gasteiger partial charge in [-0.05, 0) is 44.2 Å². The molecule has 1 N–H and O–H groups in total. The maximum absolute atomic E-state index is 14.2. The molecule has 32 heavy (non-hydrogen) atoms. The van der Waals surface area contributed by atoms with Gasteiger partial charge in [0.2, 0.25) is 5.91 Å². The fourth-order valence-corrected chi connectivity index (χ4v) is 3.80. The van der Waals surface area contributed by atoms with Gasteiger partial charge in [-0.3, -0.25) is 9.59 Å². The summed E-state index contributed by atoms with van der Waals surface area (Å²) < 4.78 is 22.3. The van der Waals surface area contributed by atoms with E-state index < -0.39 is 0 Å². The van der Waals surface area contributed by atoms with Crippen LogP contribution in [-0.2, 0) is 17.9 Å². The smallest absolute Gasteiger partial charge is 0.276 e. The van der Waals surface area contributed by atoms with Gasteiger partial charge in [0.25, 0.3) is 5.56 Å². The van der Waals surface area contributed by atoms with Crippen LogP contribution in [0.25, 0.3) is 10.8 Å². The number of amides is 1. The van der Waals surface area contributed by atoms with Crippen LogP contribution in [0.15, 0.2) is 59.5 Å². The van der Waals surface area contributed by atoms with Crippen molar-refractivity contribution in [2.45, 2.75) is 26.9 Å². The van der Waals surface area contributed by atoms with Crippen molar-refractivity contribution >= 4 is 22.4 Å². The Balaban J connectivity index is 1.62. The molecular weight excluding hydrogens is 411 g/mol. The van der Waals surface area contributed by atoms with Gasteiger partial charge >= 0.3 is 0 Å². The zero-order valence-electron chi connectivity index (χ0n) is 18.1. The molecule has 2 aromatic carbocycles. The Bertz CT molecular complexity index is 1360. The Morgan fingerprint density at radius 2 is 1.81 bits per heavy atom. The second-order valence-corrected chi connectivity index (χ2v) is 7.52. The van der Waals surface area contributed by atoms with E-state index in [1.54, 1.807) is 55.8 Å². The first-order chi connectivity index (χ1) is 15.4. The molecule has 0 aliphatic heterocycles. The lowest BCUT2D eigenvalue weighted by Gasteiger charge is -2.10. The van der Waals surface area contributed by atoms with Crippen LogP contribution < -0.4 is 15.6 Å². The van der Waals surface area contributed by atoms with E-state index in [4.69, 9.17) is 4.74 Å². The molecule has 0 unspecified atom stereocenters. The number of aromatic nitrogens is 3. The van der Waals surface area contributed by atoms with Crippen LogP contribution in [0.4, 0.5) is 10.1 Å². The molecule has 0 atom stereocenters. The van der Waals surface area contributed by atoms with Gasteiger partial charge in [-0.25, -0.2) is 9.07 Å². The molecular formula is C24H23FN4O3. The summed E-state index contributed by atoms with van der Waals surface area (Å²) >= 11 is 0. The van der Waals surface area contributed by atoms with Crippen LogP contribution in [-0.4, -0.2) is 27.4 Å². The van der Waals surface area contributed by atoms with Gasteiger partial charge in [-0.15, -0.1) is 0 Å². The number of hydrogen-bond donors (Lipinski definition) is 1. The van der Waals surface area contributed by atoms with Gasteiger partial charge in [0.05, 0.1) is 25.2 Å². The van der Waals surface area contributed by atoms with E-state index in [2.05, 4.69) is 10.4 Å². The van der Waals surface area contributed by atoms with Crippen LogP contribution >= 0.6 is 0 Å². The Labute approximate surface area is 184 Å². The number of halogens is 1. The maximum Gasteiger partial charge on any atom is 0.276 e. The molecule has 4 aromatic rings. The number of rotatable bonds is 6. The molecule has 0 radical (unpaired) electrons. The average molecular weight is 434 g/mol. The number of carbonyl (C=O) groups is 1. The number of nitrogens with one attached hydrogen (secondary N) is 1. The van der Waals surface area contributed by atoms with Crippen LogP contribution in [0, 0.1) is 19.7 Å². The lowest BCUT2D eigenvalue weighted by Crippen LogP contribution is -2.29. The lowest BCUT2D eigenvalue weighted by atomic mass is 10.2. The van der Waals surface area contributed by atoms with Crippen LogP contribution in [0.1, 0.15) is 17.0 Å². The quantitative estimate of drug-likeness (QED) is 0.503. The number of methoxy groups -OCH3 is 1. The summed E-state index contributed by atoms with van der Waals surface area (Å²) in [6.07, 6.45) is 1.58. The van der Waals surface area contributed by atoms with Gasteiger partial charge in [0.1, 0.15) is 18.1 Å². The summed E-state index contributed by atoms with van der Waals surface area (Å²) in [4.78, 5) is 25.6. The van der Waals surface area contributed by atoms with Crippen molar-refractivity contribution in [3.63, 3.8) is 0 Å². The molecule has 0 fully saturated rings. The highest BCUT2D eigenvalue weighted by molar-refractivity contribution is 5.91. The zero-order valence-corrected chi connectivity index (χ0v) is 18.1. The number of benzene rings is 2. The van der Waals surface area contributed by atoms with Crippen molar-refractivity contribution in [2.75, 3.05) is 12.4 Å². The van der Waals surface area contributed by atoms with E-state index in [1.807, 2.05) is 18.4 Å². The predicted octanol–water partition coefficient (Wildman–Crippen LogP) is 3.65. The van der Waals surface area contributed by atoms with Gasteiger partial charge in [0, 0.05) is 28.0 Å². The van der Waals surface area contributed by atoms with Crippen molar-refractivity contribution in [3.05, 3.63) is 87.9 Å². The average Bonchev–Trinajstić information content (AvgIpc) is 3.02. The van der Waals surface area contributed by atoms with Crippen molar-refractivity contribution < 1.29 is 13.9 Å². The van der Waals surface area contributed by atoms with Gasteiger partial charge < -0.3 is 14.6 Å². The van der Waals surface area contributed by atoms with Crippen molar-refractivity contribution in [1.82, 2.24) is 14.3 Å². The molecule has 0 bridgehead atoms. The highest BCUT2D eigenvalue weighted by Gasteiger charge is 2.18. The SMILES string of the molecule is COc1ccc(NC(=O)Cn2ncc3c(C)n(Cc4ccccc4F)c(C)c3c2=O)cc1. The second-order valence-electron chi connectivity index (χ2n) is 7.52. The third-order valence-corrected chi connectivity index (χ3v) is 5.56. The monoisotopic (exact) mass is 434 g/mol. The van der Waals surface area contributed by atoms with E-state index in [0.29, 0.717) is 40.0 Å². The molecule has 4 rings (SSSR count). The number of carbonyl (C=O) groups excluding carboxylic acids is 1. The van der Waals surface area contributed by atoms with Crippen molar-refractivity contribution in [1.29, 1.82) is 0 Å². The summed E-state index contributed by atoms with van der Waals surface area (Å²) in [5.74, 6) is 0.0103. The number of nitrogens with zero attached hydrogens (tertiary/aromatic N) is 3. The van der Waals surface area contributed by atoms with Crippen LogP contribution in [0.3, 0.4) is 0 Å². The summed E-state index contributed by atoms with van der Waals surface area (Å²) in [7, 11) is 1.56. The third kappa shape index (κ3) is 3.99. The van der Waals surface area contributed by atoms with Gasteiger partial charge in [-0.2, -0.15) is 5.10 Å². The molecule has 0 saturated heterocycles. The molecule has 2 aromatic heterocycles. The Hall–Kier alpha value is -3.94. The number of anilines is 1. The number of hydrogen-bond acceptors (Lipinski definition) is 4. The second kappa shape index (κ2) is 8.66. The van der Waals surface area contributed by atoms with E-state index in [0.717, 1.165) is 10.4 Å². The van der Waals surface area contributed by atoms with Gasteiger partial charge in [0.15, 0.2) is 0 Å². The Kier molecular flexibility index (Phi) is 5.77. The number of ether oxygens (including phenoxy) is 1. The highest BCUT2D eigenvalue weighted by atomic mass is 19.1. The first-order valence-electron chi connectivity index (χ1n) is 10.1. The summed E-state index contributed by atoms with van der Waals surface area (Å²) in [6.45, 7) is 3.77. The molecule has 0 aliphatic rings. The molecule has 1 amide bonds. The van der Waals surface area contributed by atoms with E-state index in [9.17, 15) is 14.0 Å². The molecule has 0 saturated carbocycles. The van der Waals surface area contributed by atoms with E-state index in [-0.39, 0.29) is 23.8 Å². The standard InChI is InChI=1S/C24H23FN4O3/c1-15-20-12-26-29(14-22(30)27-18-8-10-19(32-3)11-9-18)24(31)23(20)16(2)28(15)13-17-6-4-5-7-21(17)25/h4-12H,13-14H2,1-3H3,(H,27,30). The summed E-state index contributed by atoms with van der Waals surface area (Å²) in [5, 5.41) is 8.11. The number of fused-ring (bicyclic) bond motifs is 1. The minimum Gasteiger partial charge on any atom is -0.497 e. The summed E-state index contributed by atoms with van der Waals surface area (Å²) in [6, 6.07) is 13.5. The predicted molar refractivity (Wildman–Crippen MR) is 121 cm³/mol. The molecule has 8 heteroatoms. The van der Waals surface area contributed by atoms with E-state index in [1.165, 1.54) is 6.07 Å². The first kappa shape index (κ1) is 21.3. The minimum absolute atomic E-state index is 0.224. The van der Waals surface area contributed by atoms with Gasteiger partial charge in [-0.1, -0.05) is 18.2 Å². The van der Waals surface area contributed by atoms with Crippen LogP contribution in [0.5, 0.6) is 5.75 Å². The molecule has 164 valence electrons. The zero-order chi connectivity index (χ0) is 22.8. The molecule has 7 nitrogen and oxygen atoms in total. The minimum atomic E-state index is -0.371. The fourth-order valence-electron chi connectivity index (χ4n) is 3.80. The first-order valence-corrected chi connectivity index (χ1v) is 10.1. The van der Waals surface area contributed by atoms with E-state index >= 15 is 0 Å². The van der Waals surface area contributed by atoms with Crippen molar-refractivity contribution in [3.8, 4) is 5.75 Å². The normalized spacial score (nSPS) is 11.0. The Morgan fingerprint density at radius 1 is 1.09 bits per heavy atom. The molecule has 0 aliphatic carbocycles. The molecule has 2 heterocycles. The third-order valence-electron chi connectivity index (χ3n) is 5.56. The largest absolute Gasteiger partial charge is 0.497 e. The summed E-state index contributed by atoms with van der Waals surface area (Å²) in [5.41, 5.74) is 2.29.